The van der Waals surface area contributed by atoms with Gasteiger partial charge in [0.05, 0.1) is 11.4 Å². The van der Waals surface area contributed by atoms with Gasteiger partial charge >= 0.3 is 0 Å². The van der Waals surface area contributed by atoms with Gasteiger partial charge < -0.3 is 10.3 Å². The van der Waals surface area contributed by atoms with Crippen molar-refractivity contribution >= 4 is 23.7 Å². The van der Waals surface area contributed by atoms with Crippen LogP contribution in [0.2, 0.25) is 0 Å². The minimum Gasteiger partial charge on any atom is -0.338 e. The predicted octanol–water partition coefficient (Wildman–Crippen LogP) is 3.15. The largest absolute Gasteiger partial charge is 0.338 e. The lowest BCUT2D eigenvalue weighted by atomic mass is 9.95. The average Bonchev–Trinajstić information content (AvgIpc) is 3.29. The van der Waals surface area contributed by atoms with Crippen molar-refractivity contribution in [3.63, 3.8) is 0 Å². The highest BCUT2D eigenvalue weighted by atomic mass is 35.5. The molecule has 1 aliphatic heterocycles. The summed E-state index contributed by atoms with van der Waals surface area (Å²) in [6, 6.07) is 14.6. The average molecular weight is 363 g/mol. The molecule has 0 radical (unpaired) electrons. The second kappa shape index (κ2) is 7.44. The zero-order chi connectivity index (χ0) is 15.6. The first-order valence-electron chi connectivity index (χ1n) is 7.69. The van der Waals surface area contributed by atoms with E-state index in [2.05, 4.69) is 39.3 Å². The van der Waals surface area contributed by atoms with Gasteiger partial charge in [-0.25, -0.2) is 0 Å². The van der Waals surface area contributed by atoms with Crippen LogP contribution in [0.25, 0.3) is 10.7 Å². The maximum absolute atomic E-state index is 6.33. The topological polar surface area (TPSA) is 68.2 Å². The lowest BCUT2D eigenvalue weighted by molar-refractivity contribution is 0.264. The minimum absolute atomic E-state index is 0. The molecule has 0 bridgehead atoms. The Morgan fingerprint density at radius 3 is 2.75 bits per heavy atom. The van der Waals surface area contributed by atoms with Crippen molar-refractivity contribution in [3.8, 4) is 10.7 Å². The molecular weight excluding hydrogens is 344 g/mol. The SMILES string of the molecule is Cl.N[C@@H]1CN(Cc2nc(-c3cccs3)no2)C[C@H]1c1ccccc1. The number of likely N-dealkylation sites (tertiary alicyclic amines) is 1. The van der Waals surface area contributed by atoms with Gasteiger partial charge in [0.2, 0.25) is 11.7 Å². The second-order valence-corrected chi connectivity index (χ2v) is 6.81. The van der Waals surface area contributed by atoms with Crippen molar-refractivity contribution in [2.45, 2.75) is 18.5 Å². The lowest BCUT2D eigenvalue weighted by Crippen LogP contribution is -2.28. The number of rotatable bonds is 4. The smallest absolute Gasteiger partial charge is 0.241 e. The van der Waals surface area contributed by atoms with E-state index >= 15 is 0 Å². The van der Waals surface area contributed by atoms with E-state index in [1.165, 1.54) is 5.56 Å². The molecule has 3 aromatic rings. The van der Waals surface area contributed by atoms with Crippen molar-refractivity contribution in [1.29, 1.82) is 0 Å². The number of hydrogen-bond acceptors (Lipinski definition) is 6. The van der Waals surface area contributed by atoms with Crippen LogP contribution in [0.15, 0.2) is 52.4 Å². The van der Waals surface area contributed by atoms with Crippen molar-refractivity contribution in [2.75, 3.05) is 13.1 Å². The summed E-state index contributed by atoms with van der Waals surface area (Å²) in [6.07, 6.45) is 0. The summed E-state index contributed by atoms with van der Waals surface area (Å²) in [5.41, 5.74) is 7.63. The number of hydrogen-bond donors (Lipinski definition) is 1. The molecule has 126 valence electrons. The third-order valence-corrected chi connectivity index (χ3v) is 5.10. The maximum Gasteiger partial charge on any atom is 0.241 e. The standard InChI is InChI=1S/C17H18N4OS.ClH/c18-14-10-21(9-13(14)12-5-2-1-3-6-12)11-16-19-17(20-22-16)15-7-4-8-23-15;/h1-8,13-14H,9-11,18H2;1H/t13-,14+;/m0./s1. The number of halogens is 1. The first-order valence-corrected chi connectivity index (χ1v) is 8.57. The van der Waals surface area contributed by atoms with Crippen LogP contribution in [0, 0.1) is 0 Å². The van der Waals surface area contributed by atoms with Crippen LogP contribution < -0.4 is 5.73 Å². The molecule has 1 aliphatic rings. The summed E-state index contributed by atoms with van der Waals surface area (Å²) in [6.45, 7) is 2.41. The summed E-state index contributed by atoms with van der Waals surface area (Å²) >= 11 is 1.61. The fourth-order valence-corrected chi connectivity index (χ4v) is 3.76. The van der Waals surface area contributed by atoms with Crippen LogP contribution in [-0.4, -0.2) is 34.2 Å². The number of nitrogens with zero attached hydrogens (tertiary/aromatic N) is 3. The van der Waals surface area contributed by atoms with Crippen LogP contribution in [0.3, 0.4) is 0 Å². The molecule has 0 unspecified atom stereocenters. The highest BCUT2D eigenvalue weighted by Crippen LogP contribution is 2.28. The monoisotopic (exact) mass is 362 g/mol. The van der Waals surface area contributed by atoms with Crippen molar-refractivity contribution < 1.29 is 4.52 Å². The predicted molar refractivity (Wildman–Crippen MR) is 97.3 cm³/mol. The Balaban J connectivity index is 0.00000169. The molecule has 1 saturated heterocycles. The van der Waals surface area contributed by atoms with E-state index in [0.29, 0.717) is 24.2 Å². The Kier molecular flexibility index (Phi) is 5.30. The zero-order valence-electron chi connectivity index (χ0n) is 13.0. The van der Waals surface area contributed by atoms with Crippen LogP contribution in [0.4, 0.5) is 0 Å². The molecule has 2 N–H and O–H groups in total. The van der Waals surface area contributed by atoms with Crippen molar-refractivity contribution in [3.05, 3.63) is 59.3 Å². The van der Waals surface area contributed by atoms with Crippen LogP contribution in [0.5, 0.6) is 0 Å². The fraction of sp³-hybridized carbons (Fsp3) is 0.294. The Hall–Kier alpha value is -1.73. The van der Waals surface area contributed by atoms with Gasteiger partial charge in [-0.3, -0.25) is 4.90 Å². The van der Waals surface area contributed by atoms with E-state index in [1.54, 1.807) is 11.3 Å². The summed E-state index contributed by atoms with van der Waals surface area (Å²) < 4.78 is 5.39. The molecule has 24 heavy (non-hydrogen) atoms. The number of benzene rings is 1. The highest BCUT2D eigenvalue weighted by molar-refractivity contribution is 7.13. The summed E-state index contributed by atoms with van der Waals surface area (Å²) in [7, 11) is 0. The number of thiophene rings is 1. The summed E-state index contributed by atoms with van der Waals surface area (Å²) in [5, 5.41) is 6.07. The van der Waals surface area contributed by atoms with E-state index in [4.69, 9.17) is 10.3 Å². The molecule has 0 amide bonds. The quantitative estimate of drug-likeness (QED) is 0.772. The van der Waals surface area contributed by atoms with Crippen molar-refractivity contribution in [2.24, 2.45) is 5.73 Å². The molecule has 1 fully saturated rings. The molecule has 4 rings (SSSR count). The molecule has 3 heterocycles. The molecule has 5 nitrogen and oxygen atoms in total. The normalized spacial score (nSPS) is 20.9. The van der Waals surface area contributed by atoms with Gasteiger partial charge in [0.15, 0.2) is 0 Å². The summed E-state index contributed by atoms with van der Waals surface area (Å²) in [4.78, 5) is 7.80. The van der Waals surface area contributed by atoms with Gasteiger partial charge in [-0.1, -0.05) is 41.6 Å². The number of nitrogens with two attached hydrogens (primary N) is 1. The van der Waals surface area contributed by atoms with E-state index in [0.717, 1.165) is 18.0 Å². The molecule has 0 aliphatic carbocycles. The molecule has 0 spiro atoms. The Bertz CT molecular complexity index is 762. The van der Waals surface area contributed by atoms with Gasteiger partial charge in [-0.15, -0.1) is 23.7 Å². The molecule has 0 saturated carbocycles. The van der Waals surface area contributed by atoms with Gasteiger partial charge in [0.25, 0.3) is 0 Å². The minimum atomic E-state index is 0. The van der Waals surface area contributed by atoms with Crippen LogP contribution in [0.1, 0.15) is 17.4 Å². The Morgan fingerprint density at radius 2 is 2.00 bits per heavy atom. The third kappa shape index (κ3) is 3.52. The highest BCUT2D eigenvalue weighted by Gasteiger charge is 2.32. The van der Waals surface area contributed by atoms with Gasteiger partial charge in [-0.2, -0.15) is 4.98 Å². The van der Waals surface area contributed by atoms with E-state index < -0.39 is 0 Å². The molecule has 7 heteroatoms. The maximum atomic E-state index is 6.33. The van der Waals surface area contributed by atoms with E-state index in [-0.39, 0.29) is 18.4 Å². The first kappa shape index (κ1) is 17.1. The Labute approximate surface area is 150 Å². The lowest BCUT2D eigenvalue weighted by Gasteiger charge is -2.14. The van der Waals surface area contributed by atoms with E-state index in [1.807, 2.05) is 23.6 Å². The van der Waals surface area contributed by atoms with Gasteiger partial charge in [-0.05, 0) is 17.0 Å². The van der Waals surface area contributed by atoms with Gasteiger partial charge in [0, 0.05) is 25.0 Å². The second-order valence-electron chi connectivity index (χ2n) is 5.86. The Morgan fingerprint density at radius 1 is 1.17 bits per heavy atom. The molecule has 2 aromatic heterocycles. The van der Waals surface area contributed by atoms with Gasteiger partial charge in [0.1, 0.15) is 0 Å². The van der Waals surface area contributed by atoms with E-state index in [9.17, 15) is 0 Å². The van der Waals surface area contributed by atoms with Crippen molar-refractivity contribution in [1.82, 2.24) is 15.0 Å². The third-order valence-electron chi connectivity index (χ3n) is 4.24. The van der Waals surface area contributed by atoms with Crippen LogP contribution in [-0.2, 0) is 6.54 Å². The van der Waals surface area contributed by atoms with Crippen LogP contribution >= 0.6 is 23.7 Å². The first-order chi connectivity index (χ1) is 11.3. The fourth-order valence-electron chi connectivity index (χ4n) is 3.11. The zero-order valence-corrected chi connectivity index (χ0v) is 14.7. The molecule has 2 atom stereocenters. The summed E-state index contributed by atoms with van der Waals surface area (Å²) in [5.74, 6) is 1.67. The molecule has 1 aromatic carbocycles. The molecular formula is C17H19ClN4OS. The number of aromatic nitrogens is 2.